The standard InChI is InChI=1S/C11H10ClN3O2/c1-15-5-4-13-11(15)14-9-3-2-7(10(16)17)6-8(9)12/h2-6H,1H3,(H,13,14)(H,16,17). The van der Waals surface area contributed by atoms with Gasteiger partial charge in [0.05, 0.1) is 16.3 Å². The second kappa shape index (κ2) is 4.47. The summed E-state index contributed by atoms with van der Waals surface area (Å²) in [5, 5.41) is 12.2. The number of aryl methyl sites for hydroxylation is 1. The molecule has 1 heterocycles. The molecule has 2 aromatic rings. The first-order valence-electron chi connectivity index (χ1n) is 4.85. The molecular weight excluding hydrogens is 242 g/mol. The number of nitrogens with zero attached hydrogens (tertiary/aromatic N) is 2. The first kappa shape index (κ1) is 11.5. The lowest BCUT2D eigenvalue weighted by molar-refractivity contribution is 0.0697. The van der Waals surface area contributed by atoms with Gasteiger partial charge in [0, 0.05) is 19.4 Å². The van der Waals surface area contributed by atoms with E-state index in [9.17, 15) is 4.79 Å². The highest BCUT2D eigenvalue weighted by molar-refractivity contribution is 6.33. The van der Waals surface area contributed by atoms with Crippen molar-refractivity contribution in [3.05, 3.63) is 41.2 Å². The Hall–Kier alpha value is -2.01. The fraction of sp³-hybridized carbons (Fsp3) is 0.0909. The predicted octanol–water partition coefficient (Wildman–Crippen LogP) is 2.52. The summed E-state index contributed by atoms with van der Waals surface area (Å²) >= 11 is 5.98. The second-order valence-electron chi connectivity index (χ2n) is 3.49. The largest absolute Gasteiger partial charge is 0.478 e. The van der Waals surface area contributed by atoms with Gasteiger partial charge in [-0.05, 0) is 18.2 Å². The number of aromatic carboxylic acids is 1. The zero-order valence-electron chi connectivity index (χ0n) is 9.01. The van der Waals surface area contributed by atoms with Gasteiger partial charge in [-0.25, -0.2) is 9.78 Å². The van der Waals surface area contributed by atoms with Gasteiger partial charge in [0.2, 0.25) is 5.95 Å². The maximum atomic E-state index is 10.7. The molecule has 0 aliphatic rings. The molecule has 1 aromatic carbocycles. The topological polar surface area (TPSA) is 67.2 Å². The summed E-state index contributed by atoms with van der Waals surface area (Å²) < 4.78 is 1.79. The number of anilines is 2. The summed E-state index contributed by atoms with van der Waals surface area (Å²) in [4.78, 5) is 14.8. The molecule has 0 radical (unpaired) electrons. The van der Waals surface area contributed by atoms with E-state index >= 15 is 0 Å². The number of carboxylic acid groups (broad SMARTS) is 1. The Morgan fingerprint density at radius 1 is 1.53 bits per heavy atom. The van der Waals surface area contributed by atoms with Crippen LogP contribution in [0.15, 0.2) is 30.6 Å². The lowest BCUT2D eigenvalue weighted by Gasteiger charge is -2.08. The highest BCUT2D eigenvalue weighted by Gasteiger charge is 2.08. The molecule has 0 fully saturated rings. The minimum Gasteiger partial charge on any atom is -0.478 e. The van der Waals surface area contributed by atoms with E-state index in [1.54, 1.807) is 23.0 Å². The van der Waals surface area contributed by atoms with Crippen LogP contribution in [0.4, 0.5) is 11.6 Å². The zero-order chi connectivity index (χ0) is 12.4. The van der Waals surface area contributed by atoms with E-state index in [1.807, 2.05) is 7.05 Å². The number of carbonyl (C=O) groups is 1. The number of benzene rings is 1. The van der Waals surface area contributed by atoms with Crippen LogP contribution in [-0.2, 0) is 7.05 Å². The number of rotatable bonds is 3. The van der Waals surface area contributed by atoms with Crippen molar-refractivity contribution in [2.24, 2.45) is 7.05 Å². The third kappa shape index (κ3) is 2.39. The Morgan fingerprint density at radius 3 is 2.82 bits per heavy atom. The van der Waals surface area contributed by atoms with Crippen LogP contribution in [0.5, 0.6) is 0 Å². The average Bonchev–Trinajstić information content (AvgIpc) is 2.67. The number of halogens is 1. The van der Waals surface area contributed by atoms with Crippen molar-refractivity contribution in [1.29, 1.82) is 0 Å². The van der Waals surface area contributed by atoms with Crippen molar-refractivity contribution in [3.8, 4) is 0 Å². The van der Waals surface area contributed by atoms with E-state index in [4.69, 9.17) is 16.7 Å². The Bertz CT molecular complexity index is 566. The SMILES string of the molecule is Cn1ccnc1Nc1ccc(C(=O)O)cc1Cl. The summed E-state index contributed by atoms with van der Waals surface area (Å²) in [6.07, 6.45) is 3.45. The number of aromatic nitrogens is 2. The predicted molar refractivity (Wildman–Crippen MR) is 64.9 cm³/mol. The monoisotopic (exact) mass is 251 g/mol. The van der Waals surface area contributed by atoms with E-state index in [0.717, 1.165) is 0 Å². The second-order valence-corrected chi connectivity index (χ2v) is 3.89. The summed E-state index contributed by atoms with van der Waals surface area (Å²) in [5.74, 6) is -0.370. The molecule has 0 unspecified atom stereocenters. The van der Waals surface area contributed by atoms with E-state index < -0.39 is 5.97 Å². The molecule has 0 aliphatic carbocycles. The molecule has 5 nitrogen and oxygen atoms in total. The van der Waals surface area contributed by atoms with Crippen LogP contribution in [0.1, 0.15) is 10.4 Å². The summed E-state index contributed by atoms with van der Waals surface area (Å²) in [5.41, 5.74) is 0.770. The fourth-order valence-electron chi connectivity index (χ4n) is 1.36. The van der Waals surface area contributed by atoms with Gasteiger partial charge >= 0.3 is 5.97 Å². The maximum absolute atomic E-state index is 10.7. The molecule has 0 saturated heterocycles. The number of carboxylic acids is 1. The molecular formula is C11H10ClN3O2. The van der Waals surface area contributed by atoms with Crippen molar-refractivity contribution in [3.63, 3.8) is 0 Å². The van der Waals surface area contributed by atoms with Crippen molar-refractivity contribution >= 4 is 29.2 Å². The molecule has 0 atom stereocenters. The van der Waals surface area contributed by atoms with Crippen LogP contribution in [0.3, 0.4) is 0 Å². The van der Waals surface area contributed by atoms with Gasteiger partial charge < -0.3 is 15.0 Å². The summed E-state index contributed by atoms with van der Waals surface area (Å²) in [7, 11) is 1.84. The highest BCUT2D eigenvalue weighted by Crippen LogP contribution is 2.25. The van der Waals surface area contributed by atoms with Gasteiger partial charge in [-0.3, -0.25) is 0 Å². The minimum absolute atomic E-state index is 0.153. The molecule has 2 rings (SSSR count). The van der Waals surface area contributed by atoms with Gasteiger partial charge in [0.1, 0.15) is 0 Å². The molecule has 0 bridgehead atoms. The van der Waals surface area contributed by atoms with Gasteiger partial charge in [-0.15, -0.1) is 0 Å². The van der Waals surface area contributed by atoms with E-state index in [-0.39, 0.29) is 5.56 Å². The number of hydrogen-bond donors (Lipinski definition) is 2. The van der Waals surface area contributed by atoms with Crippen LogP contribution in [0, 0.1) is 0 Å². The number of hydrogen-bond acceptors (Lipinski definition) is 3. The molecule has 6 heteroatoms. The number of nitrogens with one attached hydrogen (secondary N) is 1. The van der Waals surface area contributed by atoms with Gasteiger partial charge in [-0.1, -0.05) is 11.6 Å². The molecule has 0 aliphatic heterocycles. The Morgan fingerprint density at radius 2 is 2.29 bits per heavy atom. The average molecular weight is 252 g/mol. The fourth-order valence-corrected chi connectivity index (χ4v) is 1.58. The normalized spacial score (nSPS) is 10.2. The zero-order valence-corrected chi connectivity index (χ0v) is 9.77. The Kier molecular flexibility index (Phi) is 3.01. The van der Waals surface area contributed by atoms with Crippen molar-refractivity contribution in [1.82, 2.24) is 9.55 Å². The van der Waals surface area contributed by atoms with E-state index in [1.165, 1.54) is 12.1 Å². The summed E-state index contributed by atoms with van der Waals surface area (Å²) in [6, 6.07) is 4.50. The molecule has 1 aromatic heterocycles. The minimum atomic E-state index is -1.00. The van der Waals surface area contributed by atoms with Crippen LogP contribution in [-0.4, -0.2) is 20.6 Å². The maximum Gasteiger partial charge on any atom is 0.335 e. The Labute approximate surface area is 103 Å². The quantitative estimate of drug-likeness (QED) is 0.880. The van der Waals surface area contributed by atoms with Gasteiger partial charge in [-0.2, -0.15) is 0 Å². The molecule has 0 spiro atoms. The smallest absolute Gasteiger partial charge is 0.335 e. The first-order valence-corrected chi connectivity index (χ1v) is 5.23. The molecule has 17 heavy (non-hydrogen) atoms. The first-order chi connectivity index (χ1) is 8.08. The highest BCUT2D eigenvalue weighted by atomic mass is 35.5. The molecule has 2 N–H and O–H groups in total. The summed E-state index contributed by atoms with van der Waals surface area (Å²) in [6.45, 7) is 0. The lowest BCUT2D eigenvalue weighted by atomic mass is 10.2. The molecule has 0 saturated carbocycles. The van der Waals surface area contributed by atoms with Gasteiger partial charge in [0.25, 0.3) is 0 Å². The van der Waals surface area contributed by atoms with E-state index in [2.05, 4.69) is 10.3 Å². The number of imidazole rings is 1. The van der Waals surface area contributed by atoms with Crippen LogP contribution < -0.4 is 5.32 Å². The van der Waals surface area contributed by atoms with Gasteiger partial charge in [0.15, 0.2) is 0 Å². The van der Waals surface area contributed by atoms with Crippen molar-refractivity contribution < 1.29 is 9.90 Å². The van der Waals surface area contributed by atoms with E-state index in [0.29, 0.717) is 16.7 Å². The molecule has 0 amide bonds. The Balaban J connectivity index is 2.29. The lowest BCUT2D eigenvalue weighted by Crippen LogP contribution is -2.01. The molecule has 88 valence electrons. The van der Waals surface area contributed by atoms with Crippen LogP contribution in [0.2, 0.25) is 5.02 Å². The third-order valence-corrected chi connectivity index (χ3v) is 2.60. The van der Waals surface area contributed by atoms with Crippen LogP contribution >= 0.6 is 11.6 Å². The third-order valence-electron chi connectivity index (χ3n) is 2.28. The van der Waals surface area contributed by atoms with Crippen molar-refractivity contribution in [2.75, 3.05) is 5.32 Å². The van der Waals surface area contributed by atoms with Crippen molar-refractivity contribution in [2.45, 2.75) is 0 Å². The van der Waals surface area contributed by atoms with Crippen LogP contribution in [0.25, 0.3) is 0 Å².